The Bertz CT molecular complexity index is 826. The minimum atomic E-state index is -3.50. The van der Waals surface area contributed by atoms with Crippen LogP contribution >= 0.6 is 11.8 Å². The second kappa shape index (κ2) is 6.94. The van der Waals surface area contributed by atoms with E-state index < -0.39 is 14.9 Å². The number of pyridine rings is 1. The molecule has 0 bridgehead atoms. The van der Waals surface area contributed by atoms with Gasteiger partial charge >= 0.3 is 5.88 Å². The van der Waals surface area contributed by atoms with Gasteiger partial charge in [-0.15, -0.1) is 0 Å². The van der Waals surface area contributed by atoms with Gasteiger partial charge in [-0.05, 0) is 29.7 Å². The lowest BCUT2D eigenvalue weighted by Crippen LogP contribution is -2.22. The molecule has 0 amide bonds. The zero-order chi connectivity index (χ0) is 17.0. The smallest absolute Gasteiger partial charge is 0.401 e. The number of sulfonamides is 1. The molecule has 0 atom stereocenters. The number of furan rings is 1. The van der Waals surface area contributed by atoms with Crippen molar-refractivity contribution in [2.24, 2.45) is 0 Å². The number of aromatic nitrogens is 1. The second-order valence-electron chi connectivity index (χ2n) is 4.47. The molecular weight excluding hydrogens is 342 g/mol. The Labute approximate surface area is 137 Å². The summed E-state index contributed by atoms with van der Waals surface area (Å²) in [4.78, 5) is 14.0. The molecule has 0 aliphatic carbocycles. The summed E-state index contributed by atoms with van der Waals surface area (Å²) in [6.45, 7) is 0. The van der Waals surface area contributed by atoms with Gasteiger partial charge in [-0.1, -0.05) is 11.8 Å². The summed E-state index contributed by atoms with van der Waals surface area (Å²) >= 11 is 1.23. The topological polar surface area (TPSA) is 107 Å². The summed E-state index contributed by atoms with van der Waals surface area (Å²) in [6, 6.07) is 5.80. The van der Waals surface area contributed by atoms with Crippen LogP contribution < -0.4 is 0 Å². The summed E-state index contributed by atoms with van der Waals surface area (Å²) in [6.07, 6.45) is 2.84. The number of nitro groups is 1. The van der Waals surface area contributed by atoms with Crippen molar-refractivity contribution >= 4 is 33.7 Å². The van der Waals surface area contributed by atoms with Crippen molar-refractivity contribution in [2.75, 3.05) is 14.1 Å². The maximum absolute atomic E-state index is 11.9. The van der Waals surface area contributed by atoms with E-state index in [1.54, 1.807) is 17.6 Å². The van der Waals surface area contributed by atoms with Gasteiger partial charge in [-0.25, -0.2) is 17.7 Å². The van der Waals surface area contributed by atoms with Crippen LogP contribution in [0.2, 0.25) is 0 Å². The Hall–Kier alpha value is -2.17. The molecule has 10 heteroatoms. The van der Waals surface area contributed by atoms with Crippen LogP contribution in [0.5, 0.6) is 0 Å². The van der Waals surface area contributed by atoms with Crippen molar-refractivity contribution < 1.29 is 17.8 Å². The lowest BCUT2D eigenvalue weighted by Gasteiger charge is -2.10. The highest BCUT2D eigenvalue weighted by Crippen LogP contribution is 2.22. The molecule has 2 rings (SSSR count). The van der Waals surface area contributed by atoms with Gasteiger partial charge in [0.05, 0.1) is 6.07 Å². The van der Waals surface area contributed by atoms with E-state index in [2.05, 4.69) is 4.98 Å². The molecule has 0 spiro atoms. The summed E-state index contributed by atoms with van der Waals surface area (Å²) in [5.41, 5.74) is 0. The molecule has 23 heavy (non-hydrogen) atoms. The Morgan fingerprint density at radius 2 is 2.04 bits per heavy atom. The van der Waals surface area contributed by atoms with Gasteiger partial charge in [0.1, 0.15) is 20.6 Å². The molecule has 2 aromatic rings. The van der Waals surface area contributed by atoms with Gasteiger partial charge < -0.3 is 4.42 Å². The van der Waals surface area contributed by atoms with Gasteiger partial charge in [0, 0.05) is 20.3 Å². The maximum atomic E-state index is 11.9. The minimum Gasteiger partial charge on any atom is -0.401 e. The third-order valence-electron chi connectivity index (χ3n) is 2.70. The quantitative estimate of drug-likeness (QED) is 0.445. The Morgan fingerprint density at radius 1 is 1.30 bits per heavy atom. The summed E-state index contributed by atoms with van der Waals surface area (Å²) in [5, 5.41) is 12.7. The van der Waals surface area contributed by atoms with Crippen molar-refractivity contribution in [3.05, 3.63) is 51.7 Å². The van der Waals surface area contributed by atoms with E-state index in [-0.39, 0.29) is 10.8 Å². The summed E-state index contributed by atoms with van der Waals surface area (Å²) in [7, 11) is -0.602. The Balaban J connectivity index is 2.04. The van der Waals surface area contributed by atoms with E-state index in [0.29, 0.717) is 10.8 Å². The largest absolute Gasteiger partial charge is 0.433 e. The normalized spacial score (nSPS) is 12.1. The SMILES string of the molecule is CN(C)S(=O)(=O)c1ccc(S/C=C/c2ccc([N+](=O)[O-])o2)nc1. The predicted octanol–water partition coefficient (Wildman–Crippen LogP) is 2.60. The fourth-order valence-corrected chi connectivity index (χ4v) is 2.95. The van der Waals surface area contributed by atoms with E-state index in [9.17, 15) is 18.5 Å². The van der Waals surface area contributed by atoms with Crippen molar-refractivity contribution in [1.82, 2.24) is 9.29 Å². The molecule has 0 radical (unpaired) electrons. The molecule has 8 nitrogen and oxygen atoms in total. The monoisotopic (exact) mass is 355 g/mol. The van der Waals surface area contributed by atoms with Crippen LogP contribution in [-0.4, -0.2) is 36.7 Å². The second-order valence-corrected chi connectivity index (χ2v) is 7.55. The zero-order valence-corrected chi connectivity index (χ0v) is 13.9. The first-order valence-electron chi connectivity index (χ1n) is 6.27. The van der Waals surface area contributed by atoms with Crippen LogP contribution in [0.15, 0.2) is 50.2 Å². The molecule has 0 saturated carbocycles. The standard InChI is InChI=1S/C13H13N3O5S2/c1-15(2)23(19,20)11-4-5-12(14-9-11)22-8-7-10-3-6-13(21-10)16(17)18/h3-9H,1-2H3/b8-7+. The van der Waals surface area contributed by atoms with Crippen LogP contribution in [0.4, 0.5) is 5.88 Å². The molecule has 0 aliphatic heterocycles. The number of thioether (sulfide) groups is 1. The molecule has 0 unspecified atom stereocenters. The van der Waals surface area contributed by atoms with Gasteiger partial charge in [-0.2, -0.15) is 0 Å². The zero-order valence-electron chi connectivity index (χ0n) is 12.2. The van der Waals surface area contributed by atoms with Gasteiger partial charge in [0.15, 0.2) is 0 Å². The average Bonchev–Trinajstić information content (AvgIpc) is 2.97. The van der Waals surface area contributed by atoms with Crippen LogP contribution in [0.1, 0.15) is 5.76 Å². The molecular formula is C13H13N3O5S2. The first-order valence-corrected chi connectivity index (χ1v) is 8.58. The Kier molecular flexibility index (Phi) is 5.19. The fraction of sp³-hybridized carbons (Fsp3) is 0.154. The van der Waals surface area contributed by atoms with Gasteiger partial charge in [0.2, 0.25) is 10.0 Å². The van der Waals surface area contributed by atoms with Crippen LogP contribution in [0, 0.1) is 10.1 Å². The Morgan fingerprint density at radius 3 is 2.57 bits per heavy atom. The minimum absolute atomic E-state index is 0.109. The number of hydrogen-bond donors (Lipinski definition) is 0. The molecule has 0 N–H and O–H groups in total. The molecule has 0 aromatic carbocycles. The van der Waals surface area contributed by atoms with Gasteiger partial charge in [-0.3, -0.25) is 10.1 Å². The lowest BCUT2D eigenvalue weighted by molar-refractivity contribution is -0.402. The van der Waals surface area contributed by atoms with E-state index in [4.69, 9.17) is 4.42 Å². The van der Waals surface area contributed by atoms with Crippen LogP contribution in [0.3, 0.4) is 0 Å². The van der Waals surface area contributed by atoms with Crippen molar-refractivity contribution in [1.29, 1.82) is 0 Å². The fourth-order valence-electron chi connectivity index (χ4n) is 1.50. The molecule has 0 fully saturated rings. The van der Waals surface area contributed by atoms with E-state index >= 15 is 0 Å². The molecule has 2 aromatic heterocycles. The van der Waals surface area contributed by atoms with E-state index in [0.717, 1.165) is 4.31 Å². The van der Waals surface area contributed by atoms with Gasteiger partial charge in [0.25, 0.3) is 0 Å². The molecule has 2 heterocycles. The number of rotatable bonds is 6. The number of nitrogens with zero attached hydrogens (tertiary/aromatic N) is 3. The highest BCUT2D eigenvalue weighted by atomic mass is 32.2. The highest BCUT2D eigenvalue weighted by Gasteiger charge is 2.17. The first-order chi connectivity index (χ1) is 10.8. The number of hydrogen-bond acceptors (Lipinski definition) is 7. The average molecular weight is 355 g/mol. The molecule has 0 saturated heterocycles. The lowest BCUT2D eigenvalue weighted by atomic mass is 10.4. The summed E-state index contributed by atoms with van der Waals surface area (Å²) < 4.78 is 29.9. The van der Waals surface area contributed by atoms with Crippen LogP contribution in [-0.2, 0) is 10.0 Å². The highest BCUT2D eigenvalue weighted by molar-refractivity contribution is 8.02. The molecule has 0 aliphatic rings. The maximum Gasteiger partial charge on any atom is 0.433 e. The predicted molar refractivity (Wildman–Crippen MR) is 85.4 cm³/mol. The van der Waals surface area contributed by atoms with Crippen molar-refractivity contribution in [3.8, 4) is 0 Å². The van der Waals surface area contributed by atoms with Crippen molar-refractivity contribution in [3.63, 3.8) is 0 Å². The third-order valence-corrected chi connectivity index (χ3v) is 5.26. The van der Waals surface area contributed by atoms with E-state index in [1.165, 1.54) is 50.3 Å². The summed E-state index contributed by atoms with van der Waals surface area (Å²) in [5.74, 6) is 0.0158. The van der Waals surface area contributed by atoms with Crippen molar-refractivity contribution in [2.45, 2.75) is 9.92 Å². The molecule has 122 valence electrons. The first kappa shape index (κ1) is 17.2. The third kappa shape index (κ3) is 4.18. The van der Waals surface area contributed by atoms with E-state index in [1.807, 2.05) is 0 Å². The van der Waals surface area contributed by atoms with Crippen LogP contribution in [0.25, 0.3) is 6.08 Å².